The van der Waals surface area contributed by atoms with Gasteiger partial charge in [-0.05, 0) is 0 Å². The van der Waals surface area contributed by atoms with E-state index in [0.29, 0.717) is 0 Å². The van der Waals surface area contributed by atoms with Crippen LogP contribution < -0.4 is 17.6 Å². The third kappa shape index (κ3) is 15900. The lowest BCUT2D eigenvalue weighted by Gasteiger charge is -1.62. The summed E-state index contributed by atoms with van der Waals surface area (Å²) in [6.07, 6.45) is 0. The molecule has 0 atom stereocenters. The first-order valence-corrected chi connectivity index (χ1v) is 0.781. The molecule has 0 aromatic rings. The monoisotopic (exact) mass is 185 g/mol. The predicted octanol–water partition coefficient (Wildman–Crippen LogP) is 0.451. The van der Waals surface area contributed by atoms with Gasteiger partial charge < -0.3 is 17.6 Å². The smallest absolute Gasteiger partial charge is 0.309 e. The van der Waals surface area contributed by atoms with Crippen molar-refractivity contribution in [3.05, 3.63) is 0 Å². The molecule has 0 bridgehead atoms. The molecule has 8 heavy (non-hydrogen) atoms. The fourth-order valence-corrected chi connectivity index (χ4v) is 0. The van der Waals surface area contributed by atoms with Crippen LogP contribution in [0, 0.1) is 0 Å². The average molecular weight is 186 g/mol. The van der Waals surface area contributed by atoms with Crippen LogP contribution in [0.2, 0.25) is 0 Å². The van der Waals surface area contributed by atoms with E-state index in [0.717, 1.165) is 0 Å². The number of carbonyl (C=O) groups is 1. The maximum Gasteiger partial charge on any atom is 0.309 e. The lowest BCUT2D eigenvalue weighted by Crippen LogP contribution is -2.18. The first kappa shape index (κ1) is 42.5. The van der Waals surface area contributed by atoms with Gasteiger partial charge in [-0.1, -0.05) is 0 Å². The van der Waals surface area contributed by atoms with E-state index in [1.54, 1.807) is 0 Å². The van der Waals surface area contributed by atoms with Crippen molar-refractivity contribution in [2.45, 2.75) is 0 Å². The molecule has 0 saturated heterocycles. The lowest BCUT2D eigenvalue weighted by molar-refractivity contribution is 0.256. The molecule has 0 saturated carbocycles. The van der Waals surface area contributed by atoms with E-state index < -0.39 is 6.03 Å². The normalized spacial score (nSPS) is 3.00. The molecule has 0 aliphatic heterocycles. The highest BCUT2D eigenvalue weighted by molar-refractivity contribution is 5.86. The van der Waals surface area contributed by atoms with Gasteiger partial charge in [0.05, 0.1) is 0 Å². The highest BCUT2D eigenvalue weighted by Gasteiger charge is 1.60. The molecule has 0 aliphatic carbocycles. The van der Waals surface area contributed by atoms with Crippen LogP contribution in [-0.2, 0) is 0 Å². The van der Waals surface area contributed by atoms with Crippen molar-refractivity contribution < 1.29 is 4.79 Å². The molecule has 0 radical (unpaired) electrons. The van der Waals surface area contributed by atoms with Crippen molar-refractivity contribution in [2.75, 3.05) is 0 Å². The van der Waals surface area contributed by atoms with Gasteiger partial charge in [-0.15, -0.1) is 37.2 Å². The number of nitrogens with two attached hydrogens (primary N) is 2. The standard InChI is InChI=1S/CH4N2O.3ClH.H3N/c2-1(3)4;;;;/h(H4,2,3,4);3*1H;1H3. The Kier molecular flexibility index (Phi) is 146. The molecule has 0 heterocycles. The number of hydrogen-bond acceptors (Lipinski definition) is 2. The van der Waals surface area contributed by atoms with E-state index in [2.05, 4.69) is 11.5 Å². The summed E-state index contributed by atoms with van der Waals surface area (Å²) in [5.74, 6) is 0. The summed E-state index contributed by atoms with van der Waals surface area (Å²) in [5, 5.41) is 0. The molecular formula is CH10Cl3N3O. The van der Waals surface area contributed by atoms with Gasteiger partial charge in [0.25, 0.3) is 0 Å². The number of urea groups is 1. The summed E-state index contributed by atoms with van der Waals surface area (Å²) in [5.41, 5.74) is 8.50. The van der Waals surface area contributed by atoms with Gasteiger partial charge in [0, 0.05) is 0 Å². The summed E-state index contributed by atoms with van der Waals surface area (Å²) in [7, 11) is 0. The van der Waals surface area contributed by atoms with Crippen molar-refractivity contribution >= 4 is 43.3 Å². The van der Waals surface area contributed by atoms with Crippen molar-refractivity contribution in [2.24, 2.45) is 11.5 Å². The van der Waals surface area contributed by atoms with Gasteiger partial charge in [0.2, 0.25) is 0 Å². The minimum Gasteiger partial charge on any atom is -0.352 e. The highest BCUT2D eigenvalue weighted by Crippen LogP contribution is 1.25. The Morgan fingerprint density at radius 3 is 1.00 bits per heavy atom. The van der Waals surface area contributed by atoms with Crippen LogP contribution in [0.25, 0.3) is 0 Å². The fraction of sp³-hybridized carbons (Fsp3) is 0. The van der Waals surface area contributed by atoms with E-state index in [4.69, 9.17) is 4.79 Å². The largest absolute Gasteiger partial charge is 0.352 e. The van der Waals surface area contributed by atoms with Crippen LogP contribution in [0.1, 0.15) is 0 Å². The van der Waals surface area contributed by atoms with Gasteiger partial charge in [-0.3, -0.25) is 0 Å². The molecule has 0 fully saturated rings. The summed E-state index contributed by atoms with van der Waals surface area (Å²) < 4.78 is 0. The molecule has 0 aromatic carbocycles. The molecule has 56 valence electrons. The van der Waals surface area contributed by atoms with Crippen LogP contribution in [-0.4, -0.2) is 6.03 Å². The second-order valence-electron chi connectivity index (χ2n) is 0.402. The summed E-state index contributed by atoms with van der Waals surface area (Å²) >= 11 is 0. The fourth-order valence-electron chi connectivity index (χ4n) is 0. The average Bonchev–Trinajstić information content (AvgIpc) is 0.811. The molecule has 0 rings (SSSR count). The van der Waals surface area contributed by atoms with Gasteiger partial charge >= 0.3 is 6.03 Å². The molecule has 4 nitrogen and oxygen atoms in total. The number of carbonyl (C=O) groups excluding carboxylic acids is 1. The predicted molar refractivity (Wildman–Crippen MR) is 40.5 cm³/mol. The zero-order valence-corrected chi connectivity index (χ0v) is 6.44. The molecule has 0 unspecified atom stereocenters. The molecule has 0 aromatic heterocycles. The maximum absolute atomic E-state index is 9.00. The van der Waals surface area contributed by atoms with E-state index in [1.807, 2.05) is 0 Å². The third-order valence-electron chi connectivity index (χ3n) is 0. The van der Waals surface area contributed by atoms with E-state index >= 15 is 0 Å². The third-order valence-corrected chi connectivity index (χ3v) is 0. The van der Waals surface area contributed by atoms with Crippen LogP contribution in [0.15, 0.2) is 0 Å². The van der Waals surface area contributed by atoms with Crippen LogP contribution >= 0.6 is 37.2 Å². The summed E-state index contributed by atoms with van der Waals surface area (Å²) in [4.78, 5) is 9.00. The first-order chi connectivity index (χ1) is 1.73. The van der Waals surface area contributed by atoms with E-state index in [9.17, 15) is 0 Å². The number of hydrogen-bond donors (Lipinski definition) is 3. The number of amides is 2. The second-order valence-corrected chi connectivity index (χ2v) is 0.402. The minimum absolute atomic E-state index is 0. The highest BCUT2D eigenvalue weighted by atomic mass is 35.5. The van der Waals surface area contributed by atoms with E-state index in [1.165, 1.54) is 0 Å². The number of rotatable bonds is 0. The van der Waals surface area contributed by atoms with Gasteiger partial charge in [-0.2, -0.15) is 0 Å². The van der Waals surface area contributed by atoms with Crippen LogP contribution in [0.5, 0.6) is 0 Å². The zero-order valence-electron chi connectivity index (χ0n) is 3.99. The Labute approximate surface area is 66.2 Å². The second kappa shape index (κ2) is 27.5. The molecule has 0 aliphatic rings. The Morgan fingerprint density at radius 1 is 1.00 bits per heavy atom. The first-order valence-electron chi connectivity index (χ1n) is 0.781. The molecular weight excluding hydrogens is 176 g/mol. The van der Waals surface area contributed by atoms with Gasteiger partial charge in [-0.25, -0.2) is 4.79 Å². The maximum atomic E-state index is 9.00. The Bertz CT molecular complexity index is 37.5. The molecule has 7 heteroatoms. The van der Waals surface area contributed by atoms with Crippen molar-refractivity contribution in [1.82, 2.24) is 6.15 Å². The van der Waals surface area contributed by atoms with E-state index in [-0.39, 0.29) is 43.4 Å². The summed E-state index contributed by atoms with van der Waals surface area (Å²) in [6, 6.07) is -0.833. The number of primary amides is 2. The molecule has 0 spiro atoms. The number of halogens is 3. The Balaban J connectivity index is -0.00000000750. The van der Waals surface area contributed by atoms with Crippen LogP contribution in [0.3, 0.4) is 0 Å². The Hall–Kier alpha value is 0.1000. The topological polar surface area (TPSA) is 104 Å². The zero-order chi connectivity index (χ0) is 3.58. The molecule has 7 N–H and O–H groups in total. The van der Waals surface area contributed by atoms with Crippen LogP contribution in [0.4, 0.5) is 4.79 Å². The van der Waals surface area contributed by atoms with Gasteiger partial charge in [0.1, 0.15) is 0 Å². The summed E-state index contributed by atoms with van der Waals surface area (Å²) in [6.45, 7) is 0. The van der Waals surface area contributed by atoms with Gasteiger partial charge in [0.15, 0.2) is 0 Å². The van der Waals surface area contributed by atoms with Crippen molar-refractivity contribution in [3.8, 4) is 0 Å². The molecule has 2 amide bonds. The van der Waals surface area contributed by atoms with Crippen molar-refractivity contribution in [3.63, 3.8) is 0 Å². The minimum atomic E-state index is -0.833. The van der Waals surface area contributed by atoms with Crippen molar-refractivity contribution in [1.29, 1.82) is 0 Å². The SMILES string of the molecule is Cl.Cl.Cl.N.NC(N)=O. The Morgan fingerprint density at radius 2 is 1.00 bits per heavy atom. The lowest BCUT2D eigenvalue weighted by atomic mass is 11.2. The quantitative estimate of drug-likeness (QED) is 0.511.